The zero-order valence-corrected chi connectivity index (χ0v) is 11.5. The molecule has 0 aliphatic carbocycles. The van der Waals surface area contributed by atoms with Gasteiger partial charge in [0.25, 0.3) is 0 Å². The number of anilines is 1. The van der Waals surface area contributed by atoms with Gasteiger partial charge < -0.3 is 4.90 Å². The van der Waals surface area contributed by atoms with Crippen LogP contribution in [0.5, 0.6) is 0 Å². The Morgan fingerprint density at radius 3 is 3.12 bits per heavy atom. The van der Waals surface area contributed by atoms with E-state index in [0.29, 0.717) is 12.6 Å². The van der Waals surface area contributed by atoms with Crippen molar-refractivity contribution in [1.29, 1.82) is 5.26 Å². The van der Waals surface area contributed by atoms with Gasteiger partial charge in [0.2, 0.25) is 0 Å². The molecule has 17 heavy (non-hydrogen) atoms. The third-order valence-corrected chi connectivity index (χ3v) is 3.65. The number of nitrogens with one attached hydrogen (secondary N) is 1. The molecule has 0 radical (unpaired) electrons. The molecule has 1 aliphatic rings. The molecule has 1 heterocycles. The summed E-state index contributed by atoms with van der Waals surface area (Å²) in [6.07, 6.45) is 1.11. The van der Waals surface area contributed by atoms with E-state index >= 15 is 0 Å². The molecule has 1 atom stereocenters. The van der Waals surface area contributed by atoms with Crippen molar-refractivity contribution in [2.75, 3.05) is 24.5 Å². The Labute approximate surface area is 111 Å². The second-order valence-electron chi connectivity index (χ2n) is 4.40. The fourth-order valence-electron chi connectivity index (χ4n) is 2.31. The summed E-state index contributed by atoms with van der Waals surface area (Å²) in [6, 6.07) is 8.96. The standard InChI is InChI=1S/C13H16BrN3/c1-10-8-11(14)2-3-13(10)17-7-4-12(9-17)16-6-5-15/h2-3,8,12,16H,4,6-7,9H2,1H3. The molecule has 1 aliphatic heterocycles. The van der Waals surface area contributed by atoms with E-state index in [-0.39, 0.29) is 0 Å². The summed E-state index contributed by atoms with van der Waals surface area (Å²) in [5.74, 6) is 0. The van der Waals surface area contributed by atoms with Crippen molar-refractivity contribution in [3.63, 3.8) is 0 Å². The summed E-state index contributed by atoms with van der Waals surface area (Å²) in [7, 11) is 0. The first-order valence-electron chi connectivity index (χ1n) is 5.82. The molecule has 90 valence electrons. The van der Waals surface area contributed by atoms with Crippen molar-refractivity contribution in [1.82, 2.24) is 5.32 Å². The van der Waals surface area contributed by atoms with Crippen LogP contribution in [0.15, 0.2) is 22.7 Å². The van der Waals surface area contributed by atoms with Crippen LogP contribution in [0, 0.1) is 18.3 Å². The maximum absolute atomic E-state index is 8.55. The van der Waals surface area contributed by atoms with Gasteiger partial charge in [-0.25, -0.2) is 0 Å². The molecule has 1 N–H and O–H groups in total. The smallest absolute Gasteiger partial charge is 0.0843 e. The van der Waals surface area contributed by atoms with Gasteiger partial charge in [-0.05, 0) is 37.1 Å². The fourth-order valence-corrected chi connectivity index (χ4v) is 2.78. The Hall–Kier alpha value is -1.05. The van der Waals surface area contributed by atoms with Crippen LogP contribution in [-0.4, -0.2) is 25.7 Å². The number of rotatable bonds is 3. The summed E-state index contributed by atoms with van der Waals surface area (Å²) in [6.45, 7) is 4.63. The lowest BCUT2D eigenvalue weighted by atomic mass is 10.2. The van der Waals surface area contributed by atoms with Gasteiger partial charge in [-0.3, -0.25) is 5.32 Å². The molecule has 1 aromatic rings. The molecule has 4 heteroatoms. The lowest BCUT2D eigenvalue weighted by Gasteiger charge is -2.21. The summed E-state index contributed by atoms with van der Waals surface area (Å²) in [5.41, 5.74) is 2.59. The minimum absolute atomic E-state index is 0.442. The number of halogens is 1. The molecule has 1 unspecified atom stereocenters. The van der Waals surface area contributed by atoms with E-state index in [1.54, 1.807) is 0 Å². The van der Waals surface area contributed by atoms with E-state index < -0.39 is 0 Å². The molecule has 1 aromatic carbocycles. The molecule has 1 saturated heterocycles. The van der Waals surface area contributed by atoms with Gasteiger partial charge in [0.1, 0.15) is 0 Å². The summed E-state index contributed by atoms with van der Waals surface area (Å²) in [4.78, 5) is 2.39. The summed E-state index contributed by atoms with van der Waals surface area (Å²) >= 11 is 3.48. The summed E-state index contributed by atoms with van der Waals surface area (Å²) < 4.78 is 1.12. The van der Waals surface area contributed by atoms with Gasteiger partial charge >= 0.3 is 0 Å². The zero-order valence-electron chi connectivity index (χ0n) is 9.91. The van der Waals surface area contributed by atoms with Gasteiger partial charge in [0.05, 0.1) is 12.6 Å². The normalized spacial score (nSPS) is 19.4. The van der Waals surface area contributed by atoms with E-state index in [1.807, 2.05) is 0 Å². The van der Waals surface area contributed by atoms with Crippen molar-refractivity contribution in [3.05, 3.63) is 28.2 Å². The molecule has 0 aromatic heterocycles. The first-order chi connectivity index (χ1) is 8.20. The second-order valence-corrected chi connectivity index (χ2v) is 5.32. The molecule has 0 saturated carbocycles. The lowest BCUT2D eigenvalue weighted by Crippen LogP contribution is -2.32. The molecular weight excluding hydrogens is 278 g/mol. The Bertz CT molecular complexity index is 439. The van der Waals surface area contributed by atoms with Gasteiger partial charge in [-0.15, -0.1) is 0 Å². The van der Waals surface area contributed by atoms with Crippen molar-refractivity contribution in [2.24, 2.45) is 0 Å². The molecule has 0 spiro atoms. The third kappa shape index (κ3) is 2.99. The SMILES string of the molecule is Cc1cc(Br)ccc1N1CCC(NCC#N)C1. The van der Waals surface area contributed by atoms with E-state index in [2.05, 4.69) is 57.3 Å². The fraction of sp³-hybridized carbons (Fsp3) is 0.462. The molecule has 1 fully saturated rings. The largest absolute Gasteiger partial charge is 0.370 e. The number of nitriles is 1. The average molecular weight is 294 g/mol. The van der Waals surface area contributed by atoms with Gasteiger partial charge in [-0.1, -0.05) is 15.9 Å². The predicted octanol–water partition coefficient (Wildman–Crippen LogP) is 2.45. The molecule has 2 rings (SSSR count). The van der Waals surface area contributed by atoms with Crippen LogP contribution >= 0.6 is 15.9 Å². The highest BCUT2D eigenvalue weighted by Crippen LogP contribution is 2.26. The average Bonchev–Trinajstić information content (AvgIpc) is 2.75. The molecule has 3 nitrogen and oxygen atoms in total. The Balaban J connectivity index is 2.03. The second kappa shape index (κ2) is 5.52. The van der Waals surface area contributed by atoms with Gasteiger partial charge in [0, 0.05) is 29.3 Å². The number of nitrogens with zero attached hydrogens (tertiary/aromatic N) is 2. The number of hydrogen-bond donors (Lipinski definition) is 1. The summed E-state index contributed by atoms with van der Waals surface area (Å²) in [5, 5.41) is 11.8. The van der Waals surface area contributed by atoms with E-state index in [9.17, 15) is 0 Å². The van der Waals surface area contributed by atoms with Crippen LogP contribution in [0.4, 0.5) is 5.69 Å². The van der Waals surface area contributed by atoms with Crippen LogP contribution in [0.2, 0.25) is 0 Å². The van der Waals surface area contributed by atoms with Crippen molar-refractivity contribution >= 4 is 21.6 Å². The minimum Gasteiger partial charge on any atom is -0.370 e. The maximum Gasteiger partial charge on any atom is 0.0843 e. The Kier molecular flexibility index (Phi) is 4.03. The van der Waals surface area contributed by atoms with Gasteiger partial charge in [-0.2, -0.15) is 5.26 Å². The number of benzene rings is 1. The van der Waals surface area contributed by atoms with Crippen molar-refractivity contribution < 1.29 is 0 Å². The van der Waals surface area contributed by atoms with E-state index in [0.717, 1.165) is 24.0 Å². The van der Waals surface area contributed by atoms with Crippen molar-refractivity contribution in [3.8, 4) is 6.07 Å². The van der Waals surface area contributed by atoms with Crippen LogP contribution < -0.4 is 10.2 Å². The minimum atomic E-state index is 0.442. The van der Waals surface area contributed by atoms with Crippen LogP contribution in [0.1, 0.15) is 12.0 Å². The highest BCUT2D eigenvalue weighted by molar-refractivity contribution is 9.10. The zero-order chi connectivity index (χ0) is 12.3. The maximum atomic E-state index is 8.55. The van der Waals surface area contributed by atoms with Crippen molar-refractivity contribution in [2.45, 2.75) is 19.4 Å². The number of aryl methyl sites for hydroxylation is 1. The first-order valence-corrected chi connectivity index (χ1v) is 6.61. The predicted molar refractivity (Wildman–Crippen MR) is 73.1 cm³/mol. The van der Waals surface area contributed by atoms with Gasteiger partial charge in [0.15, 0.2) is 0 Å². The highest BCUT2D eigenvalue weighted by atomic mass is 79.9. The van der Waals surface area contributed by atoms with Crippen LogP contribution in [-0.2, 0) is 0 Å². The topological polar surface area (TPSA) is 39.1 Å². The third-order valence-electron chi connectivity index (χ3n) is 3.16. The lowest BCUT2D eigenvalue weighted by molar-refractivity contribution is 0.591. The van der Waals surface area contributed by atoms with Crippen LogP contribution in [0.25, 0.3) is 0 Å². The van der Waals surface area contributed by atoms with E-state index in [4.69, 9.17) is 5.26 Å². The monoisotopic (exact) mass is 293 g/mol. The molecule has 0 bridgehead atoms. The number of hydrogen-bond acceptors (Lipinski definition) is 3. The van der Waals surface area contributed by atoms with E-state index in [1.165, 1.54) is 11.3 Å². The quantitative estimate of drug-likeness (QED) is 0.870. The first kappa shape index (κ1) is 12.4. The van der Waals surface area contributed by atoms with Crippen LogP contribution in [0.3, 0.4) is 0 Å². The highest BCUT2D eigenvalue weighted by Gasteiger charge is 2.22. The molecule has 0 amide bonds. The Morgan fingerprint density at radius 1 is 1.59 bits per heavy atom. The molecular formula is C13H16BrN3. The Morgan fingerprint density at radius 2 is 2.41 bits per heavy atom.